The summed E-state index contributed by atoms with van der Waals surface area (Å²) >= 11 is 0. The molecule has 0 saturated heterocycles. The van der Waals surface area contributed by atoms with Crippen LogP contribution < -0.4 is 5.48 Å². The summed E-state index contributed by atoms with van der Waals surface area (Å²) in [6.45, 7) is 3.91. The van der Waals surface area contributed by atoms with Crippen LogP contribution in [0.25, 0.3) is 6.08 Å². The molecule has 2 rings (SSSR count). The molecule has 104 valence electrons. The van der Waals surface area contributed by atoms with Crippen molar-refractivity contribution in [1.29, 1.82) is 0 Å². The number of hydrogen-bond acceptors (Lipinski definition) is 3. The van der Waals surface area contributed by atoms with Crippen LogP contribution in [0.4, 0.5) is 0 Å². The van der Waals surface area contributed by atoms with Crippen LogP contribution in [0.3, 0.4) is 0 Å². The van der Waals surface area contributed by atoms with E-state index in [4.69, 9.17) is 4.84 Å². The lowest BCUT2D eigenvalue weighted by atomic mass is 10.2. The van der Waals surface area contributed by atoms with E-state index >= 15 is 0 Å². The first-order chi connectivity index (χ1) is 9.08. The van der Waals surface area contributed by atoms with E-state index in [1.165, 1.54) is 18.9 Å². The Bertz CT molecular complexity index is 485. The quantitative estimate of drug-likeness (QED) is 0.668. The molecule has 1 aliphatic rings. The zero-order valence-electron chi connectivity index (χ0n) is 11.8. The van der Waals surface area contributed by atoms with Gasteiger partial charge in [0.2, 0.25) is 0 Å². The van der Waals surface area contributed by atoms with Crippen molar-refractivity contribution in [2.24, 2.45) is 7.05 Å². The van der Waals surface area contributed by atoms with E-state index in [0.29, 0.717) is 0 Å². The summed E-state index contributed by atoms with van der Waals surface area (Å²) in [6.07, 6.45) is 7.89. The highest BCUT2D eigenvalue weighted by molar-refractivity contribution is 5.91. The minimum Gasteiger partial charge on any atom is -0.272 e. The summed E-state index contributed by atoms with van der Waals surface area (Å²) < 4.78 is 1.81. The Morgan fingerprint density at radius 2 is 2.11 bits per heavy atom. The van der Waals surface area contributed by atoms with Crippen molar-refractivity contribution in [2.75, 3.05) is 0 Å². The van der Waals surface area contributed by atoms with Gasteiger partial charge in [0.1, 0.15) is 0 Å². The van der Waals surface area contributed by atoms with Crippen LogP contribution >= 0.6 is 0 Å². The molecule has 0 unspecified atom stereocenters. The molecule has 0 bridgehead atoms. The maximum atomic E-state index is 11.7. The minimum atomic E-state index is -0.227. The van der Waals surface area contributed by atoms with Crippen LogP contribution in [0.15, 0.2) is 6.08 Å². The Morgan fingerprint density at radius 1 is 1.42 bits per heavy atom. The number of nitrogens with zero attached hydrogens (tertiary/aromatic N) is 2. The van der Waals surface area contributed by atoms with Crippen molar-refractivity contribution in [2.45, 2.75) is 45.6 Å². The maximum Gasteiger partial charge on any atom is 0.267 e. The van der Waals surface area contributed by atoms with Crippen LogP contribution in [-0.2, 0) is 16.7 Å². The number of aryl methyl sites for hydroxylation is 2. The third-order valence-corrected chi connectivity index (χ3v) is 3.59. The molecule has 1 aromatic heterocycles. The number of carbonyl (C=O) groups is 1. The lowest BCUT2D eigenvalue weighted by Gasteiger charge is -2.09. The van der Waals surface area contributed by atoms with Crippen molar-refractivity contribution in [3.05, 3.63) is 23.0 Å². The predicted molar refractivity (Wildman–Crippen MR) is 73.2 cm³/mol. The van der Waals surface area contributed by atoms with Gasteiger partial charge in [-0.3, -0.25) is 14.3 Å². The molecular formula is C14H21N3O2. The molecule has 0 radical (unpaired) electrons. The van der Waals surface area contributed by atoms with E-state index in [-0.39, 0.29) is 12.0 Å². The second kappa shape index (κ2) is 6.02. The fourth-order valence-electron chi connectivity index (χ4n) is 2.37. The van der Waals surface area contributed by atoms with Crippen molar-refractivity contribution >= 4 is 12.0 Å². The van der Waals surface area contributed by atoms with Gasteiger partial charge in [0.25, 0.3) is 5.91 Å². The topological polar surface area (TPSA) is 56.2 Å². The summed E-state index contributed by atoms with van der Waals surface area (Å²) in [4.78, 5) is 17.0. The van der Waals surface area contributed by atoms with Gasteiger partial charge in [-0.25, -0.2) is 5.48 Å². The number of carbonyl (C=O) groups excluding carboxylic acids is 1. The Labute approximate surface area is 113 Å². The fourth-order valence-corrected chi connectivity index (χ4v) is 2.37. The predicted octanol–water partition coefficient (Wildman–Crippen LogP) is 2.04. The van der Waals surface area contributed by atoms with Crippen LogP contribution in [0, 0.1) is 13.8 Å². The molecule has 1 fully saturated rings. The highest BCUT2D eigenvalue weighted by atomic mass is 16.7. The number of nitrogens with one attached hydrogen (secondary N) is 1. The van der Waals surface area contributed by atoms with Crippen molar-refractivity contribution in [1.82, 2.24) is 15.3 Å². The molecule has 19 heavy (non-hydrogen) atoms. The van der Waals surface area contributed by atoms with Gasteiger partial charge >= 0.3 is 0 Å². The summed E-state index contributed by atoms with van der Waals surface area (Å²) in [6, 6.07) is 0. The zero-order chi connectivity index (χ0) is 13.8. The Hall–Kier alpha value is -1.62. The SMILES string of the molecule is Cc1nn(C)c(C)c1/C=C/C(=O)NOC1CCCC1. The second-order valence-corrected chi connectivity index (χ2v) is 5.03. The summed E-state index contributed by atoms with van der Waals surface area (Å²) in [5, 5.41) is 4.30. The Balaban J connectivity index is 1.88. The van der Waals surface area contributed by atoms with Crippen molar-refractivity contribution < 1.29 is 9.63 Å². The van der Waals surface area contributed by atoms with Gasteiger partial charge in [0, 0.05) is 24.4 Å². The normalized spacial score (nSPS) is 16.4. The van der Waals surface area contributed by atoms with Gasteiger partial charge in [-0.2, -0.15) is 5.10 Å². The fraction of sp³-hybridized carbons (Fsp3) is 0.571. The lowest BCUT2D eigenvalue weighted by Crippen LogP contribution is -2.26. The van der Waals surface area contributed by atoms with Gasteiger partial charge in [-0.15, -0.1) is 0 Å². The standard InChI is InChI=1S/C14H21N3O2/c1-10-13(11(2)17(3)15-10)8-9-14(18)16-19-12-6-4-5-7-12/h8-9,12H,4-7H2,1-3H3,(H,16,18)/b9-8+. The monoisotopic (exact) mass is 263 g/mol. The number of rotatable bonds is 4. The molecule has 1 saturated carbocycles. The van der Waals surface area contributed by atoms with Gasteiger partial charge in [-0.05, 0) is 32.8 Å². The molecule has 0 atom stereocenters. The molecular weight excluding hydrogens is 242 g/mol. The molecule has 1 heterocycles. The van der Waals surface area contributed by atoms with E-state index in [2.05, 4.69) is 10.6 Å². The largest absolute Gasteiger partial charge is 0.272 e. The summed E-state index contributed by atoms with van der Waals surface area (Å²) in [5.74, 6) is -0.227. The lowest BCUT2D eigenvalue weighted by molar-refractivity contribution is -0.132. The second-order valence-electron chi connectivity index (χ2n) is 5.03. The third-order valence-electron chi connectivity index (χ3n) is 3.59. The highest BCUT2D eigenvalue weighted by Crippen LogP contribution is 2.19. The molecule has 1 aliphatic carbocycles. The van der Waals surface area contributed by atoms with E-state index < -0.39 is 0 Å². The van der Waals surface area contributed by atoms with Crippen molar-refractivity contribution in [3.63, 3.8) is 0 Å². The van der Waals surface area contributed by atoms with Crippen LogP contribution in [-0.4, -0.2) is 21.8 Å². The van der Waals surface area contributed by atoms with Crippen LogP contribution in [0.5, 0.6) is 0 Å². The summed E-state index contributed by atoms with van der Waals surface area (Å²) in [5.41, 5.74) is 5.43. The molecule has 0 spiro atoms. The smallest absolute Gasteiger partial charge is 0.267 e. The number of aromatic nitrogens is 2. The molecule has 1 amide bonds. The molecule has 5 nitrogen and oxygen atoms in total. The Kier molecular flexibility index (Phi) is 4.37. The van der Waals surface area contributed by atoms with Gasteiger partial charge in [0.05, 0.1) is 11.8 Å². The molecule has 1 aromatic rings. The first-order valence-corrected chi connectivity index (χ1v) is 6.72. The number of hydroxylamine groups is 1. The molecule has 0 aliphatic heterocycles. The van der Waals surface area contributed by atoms with Crippen LogP contribution in [0.1, 0.15) is 42.6 Å². The number of amides is 1. The Morgan fingerprint density at radius 3 is 2.68 bits per heavy atom. The minimum absolute atomic E-state index is 0.180. The van der Waals surface area contributed by atoms with E-state index in [1.807, 2.05) is 25.6 Å². The molecule has 5 heteroatoms. The first kappa shape index (κ1) is 13.8. The van der Waals surface area contributed by atoms with Gasteiger partial charge in [0.15, 0.2) is 0 Å². The van der Waals surface area contributed by atoms with Crippen molar-refractivity contribution in [3.8, 4) is 0 Å². The highest BCUT2D eigenvalue weighted by Gasteiger charge is 2.16. The summed E-state index contributed by atoms with van der Waals surface area (Å²) in [7, 11) is 1.89. The zero-order valence-corrected chi connectivity index (χ0v) is 11.8. The third kappa shape index (κ3) is 3.44. The van der Waals surface area contributed by atoms with Crippen LogP contribution in [0.2, 0.25) is 0 Å². The molecule has 0 aromatic carbocycles. The van der Waals surface area contributed by atoms with E-state index in [0.717, 1.165) is 29.8 Å². The average molecular weight is 263 g/mol. The van der Waals surface area contributed by atoms with E-state index in [9.17, 15) is 4.79 Å². The number of hydrogen-bond donors (Lipinski definition) is 1. The van der Waals surface area contributed by atoms with E-state index in [1.54, 1.807) is 6.08 Å². The first-order valence-electron chi connectivity index (χ1n) is 6.72. The maximum absolute atomic E-state index is 11.7. The average Bonchev–Trinajstić information content (AvgIpc) is 2.96. The molecule has 1 N–H and O–H groups in total. The van der Waals surface area contributed by atoms with Gasteiger partial charge < -0.3 is 0 Å². The van der Waals surface area contributed by atoms with Gasteiger partial charge in [-0.1, -0.05) is 12.8 Å².